The average molecular weight is 647 g/mol. The summed E-state index contributed by atoms with van der Waals surface area (Å²) in [5.74, 6) is -1.20. The number of allylic oxidation sites excluding steroid dienone is 1. The van der Waals surface area contributed by atoms with Crippen molar-refractivity contribution in [2.24, 2.45) is 5.92 Å². The number of nitrogens with one attached hydrogen (secondary N) is 2. The lowest BCUT2D eigenvalue weighted by molar-refractivity contribution is -0.141. The van der Waals surface area contributed by atoms with Gasteiger partial charge in [-0.05, 0) is 64.9 Å². The molecule has 3 amide bonds. The van der Waals surface area contributed by atoms with Crippen LogP contribution in [0.4, 0.5) is 0 Å². The molecule has 2 aliphatic carbocycles. The number of carbonyl (C=O) groups excluding carboxylic acids is 3. The first-order valence-electron chi connectivity index (χ1n) is 16.6. The van der Waals surface area contributed by atoms with Crippen molar-refractivity contribution >= 4 is 38.6 Å². The fourth-order valence-electron chi connectivity index (χ4n) is 7.47. The van der Waals surface area contributed by atoms with E-state index < -0.39 is 49.7 Å². The number of carbonyl (C=O) groups is 3. The van der Waals surface area contributed by atoms with E-state index in [0.29, 0.717) is 37.9 Å². The number of amides is 3. The number of aryl methyl sites for hydroxylation is 2. The minimum absolute atomic E-state index is 0.115. The quantitative estimate of drug-likeness (QED) is 0.479. The van der Waals surface area contributed by atoms with Gasteiger partial charge >= 0.3 is 0 Å². The van der Waals surface area contributed by atoms with Crippen LogP contribution in [0.1, 0.15) is 82.4 Å². The van der Waals surface area contributed by atoms with Gasteiger partial charge in [0.25, 0.3) is 5.91 Å². The van der Waals surface area contributed by atoms with E-state index in [-0.39, 0.29) is 18.9 Å². The molecule has 0 bridgehead atoms. The summed E-state index contributed by atoms with van der Waals surface area (Å²) in [4.78, 5) is 48.3. The molecule has 10 nitrogen and oxygen atoms in total. The van der Waals surface area contributed by atoms with Crippen LogP contribution in [0.25, 0.3) is 10.9 Å². The SMILES string of the molecule is Cc1nc2ccccc2c2c1OC1(CC2)CC2C(=O)NC3(C(=O)NS(=O)(=O)C4(C)CC4)C=CC3C=CCCCCCCC(=O)N2C1. The van der Waals surface area contributed by atoms with Crippen molar-refractivity contribution in [3.63, 3.8) is 0 Å². The number of ether oxygens (including phenoxy) is 1. The van der Waals surface area contributed by atoms with Gasteiger partial charge in [0, 0.05) is 29.7 Å². The third kappa shape index (κ3) is 5.20. The van der Waals surface area contributed by atoms with Crippen molar-refractivity contribution in [1.82, 2.24) is 19.9 Å². The molecule has 1 spiro atoms. The highest BCUT2D eigenvalue weighted by Gasteiger charge is 2.57. The largest absolute Gasteiger partial charge is 0.483 e. The number of fused-ring (bicyclic) bond motifs is 5. The summed E-state index contributed by atoms with van der Waals surface area (Å²) in [6.07, 6.45) is 14.4. The maximum absolute atomic E-state index is 14.3. The van der Waals surface area contributed by atoms with Crippen LogP contribution in [-0.4, -0.2) is 64.5 Å². The zero-order chi connectivity index (χ0) is 32.3. The molecule has 4 atom stereocenters. The van der Waals surface area contributed by atoms with E-state index in [4.69, 9.17) is 9.72 Å². The smallest absolute Gasteiger partial charge is 0.264 e. The van der Waals surface area contributed by atoms with Gasteiger partial charge in [-0.1, -0.05) is 55.3 Å². The molecular weight excluding hydrogens is 604 g/mol. The minimum Gasteiger partial charge on any atom is -0.483 e. The van der Waals surface area contributed by atoms with Crippen LogP contribution in [0, 0.1) is 12.8 Å². The van der Waals surface area contributed by atoms with Gasteiger partial charge in [0.2, 0.25) is 21.8 Å². The fourth-order valence-corrected chi connectivity index (χ4v) is 8.76. The highest BCUT2D eigenvalue weighted by molar-refractivity contribution is 7.91. The number of hydrogen-bond acceptors (Lipinski definition) is 7. The third-order valence-electron chi connectivity index (χ3n) is 10.8. The van der Waals surface area contributed by atoms with Crippen molar-refractivity contribution in [3.05, 3.63) is 59.8 Å². The average Bonchev–Trinajstić information content (AvgIpc) is 3.68. The summed E-state index contributed by atoms with van der Waals surface area (Å²) < 4.78 is 34.3. The number of nitrogens with zero attached hydrogens (tertiary/aromatic N) is 2. The van der Waals surface area contributed by atoms with Gasteiger partial charge in [-0.15, -0.1) is 0 Å². The molecule has 2 fully saturated rings. The maximum Gasteiger partial charge on any atom is 0.264 e. The molecule has 244 valence electrons. The van der Waals surface area contributed by atoms with Gasteiger partial charge in [0.05, 0.1) is 22.5 Å². The van der Waals surface area contributed by atoms with Gasteiger partial charge in [-0.25, -0.2) is 13.4 Å². The van der Waals surface area contributed by atoms with E-state index in [9.17, 15) is 22.8 Å². The first-order chi connectivity index (χ1) is 22.0. The molecule has 4 heterocycles. The Hall–Kier alpha value is -3.73. The third-order valence-corrected chi connectivity index (χ3v) is 12.9. The van der Waals surface area contributed by atoms with Crippen LogP contribution in [0.2, 0.25) is 0 Å². The van der Waals surface area contributed by atoms with Gasteiger partial charge < -0.3 is 15.0 Å². The highest BCUT2D eigenvalue weighted by Crippen LogP contribution is 2.46. The molecule has 2 N–H and O–H groups in total. The Balaban J connectivity index is 1.21. The normalized spacial score (nSPS) is 30.6. The predicted octanol–water partition coefficient (Wildman–Crippen LogP) is 4.16. The summed E-state index contributed by atoms with van der Waals surface area (Å²) in [5, 5.41) is 3.99. The summed E-state index contributed by atoms with van der Waals surface area (Å²) in [7, 11) is -3.94. The molecule has 1 aromatic carbocycles. The second-order valence-corrected chi connectivity index (χ2v) is 16.3. The lowest BCUT2D eigenvalue weighted by Gasteiger charge is -2.42. The number of para-hydroxylation sites is 1. The summed E-state index contributed by atoms with van der Waals surface area (Å²) in [6, 6.07) is 7.10. The Labute approximate surface area is 270 Å². The summed E-state index contributed by atoms with van der Waals surface area (Å²) in [5.41, 5.74) is 0.382. The predicted molar refractivity (Wildman–Crippen MR) is 173 cm³/mol. The molecule has 11 heteroatoms. The molecule has 0 radical (unpaired) electrons. The van der Waals surface area contributed by atoms with Gasteiger partial charge in [-0.3, -0.25) is 19.1 Å². The van der Waals surface area contributed by atoms with Crippen molar-refractivity contribution in [1.29, 1.82) is 0 Å². The molecule has 7 rings (SSSR count). The zero-order valence-electron chi connectivity index (χ0n) is 26.5. The molecule has 4 unspecified atom stereocenters. The summed E-state index contributed by atoms with van der Waals surface area (Å²) in [6.45, 7) is 3.79. The van der Waals surface area contributed by atoms with E-state index >= 15 is 0 Å². The van der Waals surface area contributed by atoms with Crippen LogP contribution in [0.15, 0.2) is 48.6 Å². The van der Waals surface area contributed by atoms with E-state index in [1.54, 1.807) is 24.0 Å². The van der Waals surface area contributed by atoms with Crippen molar-refractivity contribution in [2.75, 3.05) is 6.54 Å². The van der Waals surface area contributed by atoms with Gasteiger partial charge in [0.15, 0.2) is 0 Å². The molecule has 46 heavy (non-hydrogen) atoms. The number of hydrogen-bond donors (Lipinski definition) is 2. The molecule has 1 saturated carbocycles. The molecule has 5 aliphatic rings. The van der Waals surface area contributed by atoms with Crippen LogP contribution >= 0.6 is 0 Å². The second-order valence-electron chi connectivity index (χ2n) is 14.1. The zero-order valence-corrected chi connectivity index (χ0v) is 27.3. The van der Waals surface area contributed by atoms with Crippen molar-refractivity contribution < 1.29 is 27.5 Å². The Morgan fingerprint density at radius 3 is 2.61 bits per heavy atom. The fraction of sp³-hybridized carbons (Fsp3) is 0.543. The van der Waals surface area contributed by atoms with Gasteiger partial charge in [-0.2, -0.15) is 0 Å². The Morgan fingerprint density at radius 1 is 1.07 bits per heavy atom. The van der Waals surface area contributed by atoms with Crippen molar-refractivity contribution in [2.45, 2.75) is 106 Å². The van der Waals surface area contributed by atoms with Gasteiger partial charge in [0.1, 0.15) is 22.9 Å². The van der Waals surface area contributed by atoms with Crippen LogP contribution in [-0.2, 0) is 30.8 Å². The second kappa shape index (κ2) is 11.2. The van der Waals surface area contributed by atoms with Crippen molar-refractivity contribution in [3.8, 4) is 5.75 Å². The van der Waals surface area contributed by atoms with Crippen LogP contribution < -0.4 is 14.8 Å². The Kier molecular flexibility index (Phi) is 7.53. The topological polar surface area (TPSA) is 135 Å². The maximum atomic E-state index is 14.3. The van der Waals surface area contributed by atoms with Crippen LogP contribution in [0.5, 0.6) is 5.75 Å². The lowest BCUT2D eigenvalue weighted by atomic mass is 9.73. The minimum atomic E-state index is -3.94. The number of aromatic nitrogens is 1. The van der Waals surface area contributed by atoms with E-state index in [0.717, 1.165) is 54.3 Å². The molecular formula is C35H42N4O6S. The van der Waals surface area contributed by atoms with E-state index in [1.807, 2.05) is 43.3 Å². The first-order valence-corrected chi connectivity index (χ1v) is 18.1. The molecule has 1 aromatic heterocycles. The van der Waals surface area contributed by atoms with E-state index in [1.165, 1.54) is 0 Å². The van der Waals surface area contributed by atoms with E-state index in [2.05, 4.69) is 10.0 Å². The number of rotatable bonds is 3. The first kappa shape index (κ1) is 30.9. The molecule has 2 aromatic rings. The molecule has 1 saturated heterocycles. The Bertz CT molecular complexity index is 1780. The highest BCUT2D eigenvalue weighted by atomic mass is 32.2. The number of sulfonamides is 1. The molecule has 3 aliphatic heterocycles. The number of benzene rings is 1. The lowest BCUT2D eigenvalue weighted by Crippen LogP contribution is -2.67. The number of pyridine rings is 1. The Morgan fingerprint density at radius 2 is 1.85 bits per heavy atom. The van der Waals surface area contributed by atoms with Crippen LogP contribution in [0.3, 0.4) is 0 Å². The summed E-state index contributed by atoms with van der Waals surface area (Å²) >= 11 is 0. The monoisotopic (exact) mass is 646 g/mol. The standard InChI is InChI=1S/C35H42N4O6S/c1-23-30-26(25-12-9-10-13-27(25)36-23)16-17-34(45-30)21-28-31(41)37-35(32(42)38-46(43,44)33(2)19-20-33)18-15-24(35)11-7-5-3-4-6-8-14-29(40)39(28)22-34/h7,9-13,15,18,24,28H,3-6,8,14,16-17,19-22H2,1-2H3,(H,37,41)(H,38,42).